The van der Waals surface area contributed by atoms with Gasteiger partial charge in [-0.1, -0.05) is 46.2 Å². The Morgan fingerprint density at radius 2 is 1.76 bits per heavy atom. The van der Waals surface area contributed by atoms with E-state index in [0.717, 1.165) is 25.1 Å². The molecule has 1 aromatic rings. The van der Waals surface area contributed by atoms with Gasteiger partial charge in [0.05, 0.1) is 0 Å². The maximum atomic E-state index is 6.22. The van der Waals surface area contributed by atoms with Gasteiger partial charge in [-0.3, -0.25) is 0 Å². The second kappa shape index (κ2) is 7.31. The Morgan fingerprint density at radius 3 is 2.29 bits per heavy atom. The second-order valence-electron chi connectivity index (χ2n) is 7.94. The van der Waals surface area contributed by atoms with Crippen LogP contribution in [0.25, 0.3) is 0 Å². The van der Waals surface area contributed by atoms with Gasteiger partial charge in [0.25, 0.3) is 0 Å². The van der Waals surface area contributed by atoms with E-state index in [-0.39, 0.29) is 17.1 Å². The van der Waals surface area contributed by atoms with Crippen molar-refractivity contribution in [1.82, 2.24) is 5.32 Å². The molecule has 0 aliphatic rings. The maximum absolute atomic E-state index is 6.22. The molecule has 1 unspecified atom stereocenters. The normalized spacial score (nSPS) is 14.0. The van der Waals surface area contributed by atoms with Gasteiger partial charge >= 0.3 is 0 Å². The fourth-order valence-electron chi connectivity index (χ4n) is 2.17. The van der Waals surface area contributed by atoms with Crippen LogP contribution in [-0.4, -0.2) is 18.2 Å². The van der Waals surface area contributed by atoms with Crippen molar-refractivity contribution >= 4 is 0 Å². The van der Waals surface area contributed by atoms with E-state index < -0.39 is 0 Å². The van der Waals surface area contributed by atoms with E-state index >= 15 is 0 Å². The number of nitrogens with one attached hydrogen (secondary N) is 1. The maximum Gasteiger partial charge on any atom is 0.120 e. The molecule has 0 heterocycles. The fraction of sp³-hybridized carbons (Fsp3) is 0.684. The third-order valence-electron chi connectivity index (χ3n) is 3.47. The molecule has 0 spiro atoms. The zero-order valence-corrected chi connectivity index (χ0v) is 14.9. The van der Waals surface area contributed by atoms with Crippen LogP contribution in [0.1, 0.15) is 66.9 Å². The molecule has 2 nitrogen and oxygen atoms in total. The Labute approximate surface area is 131 Å². The van der Waals surface area contributed by atoms with Gasteiger partial charge in [0.2, 0.25) is 0 Å². The van der Waals surface area contributed by atoms with Crippen molar-refractivity contribution in [1.29, 1.82) is 0 Å². The van der Waals surface area contributed by atoms with Gasteiger partial charge < -0.3 is 10.1 Å². The molecule has 0 aromatic heterocycles. The highest BCUT2D eigenvalue weighted by molar-refractivity contribution is 5.32. The first-order valence-electron chi connectivity index (χ1n) is 8.14. The lowest BCUT2D eigenvalue weighted by Crippen LogP contribution is -2.42. The Hall–Kier alpha value is -1.02. The van der Waals surface area contributed by atoms with Crippen molar-refractivity contribution in [3.63, 3.8) is 0 Å². The van der Waals surface area contributed by atoms with Gasteiger partial charge in [0.15, 0.2) is 0 Å². The molecule has 0 bridgehead atoms. The monoisotopic (exact) mass is 291 g/mol. The van der Waals surface area contributed by atoms with E-state index in [0.29, 0.717) is 0 Å². The van der Waals surface area contributed by atoms with Gasteiger partial charge in [0, 0.05) is 12.1 Å². The Bertz CT molecular complexity index is 426. The van der Waals surface area contributed by atoms with Crippen molar-refractivity contribution in [3.8, 4) is 5.75 Å². The van der Waals surface area contributed by atoms with E-state index in [4.69, 9.17) is 4.74 Å². The summed E-state index contributed by atoms with van der Waals surface area (Å²) in [5, 5.41) is 3.55. The molecule has 1 rings (SSSR count). The van der Waals surface area contributed by atoms with Crippen LogP contribution in [-0.2, 0) is 5.41 Å². The predicted molar refractivity (Wildman–Crippen MR) is 92.2 cm³/mol. The third kappa shape index (κ3) is 6.99. The molecule has 0 radical (unpaired) electrons. The van der Waals surface area contributed by atoms with Crippen molar-refractivity contribution in [2.24, 2.45) is 0 Å². The van der Waals surface area contributed by atoms with Crippen molar-refractivity contribution in [3.05, 3.63) is 29.8 Å². The number of hydrogen-bond donors (Lipinski definition) is 1. The van der Waals surface area contributed by atoms with Gasteiger partial charge in [-0.2, -0.15) is 0 Å². The van der Waals surface area contributed by atoms with Crippen LogP contribution in [0.4, 0.5) is 0 Å². The van der Waals surface area contributed by atoms with Gasteiger partial charge in [-0.15, -0.1) is 0 Å². The van der Waals surface area contributed by atoms with Crippen molar-refractivity contribution < 1.29 is 4.74 Å². The number of hydrogen-bond acceptors (Lipinski definition) is 2. The third-order valence-corrected chi connectivity index (χ3v) is 3.47. The van der Waals surface area contributed by atoms with Gasteiger partial charge in [-0.25, -0.2) is 0 Å². The van der Waals surface area contributed by atoms with E-state index in [1.54, 1.807) is 0 Å². The quantitative estimate of drug-likeness (QED) is 0.803. The summed E-state index contributed by atoms with van der Waals surface area (Å²) in [5.74, 6) is 0.983. The summed E-state index contributed by atoms with van der Waals surface area (Å²) in [4.78, 5) is 0. The first kappa shape index (κ1) is 18.0. The van der Waals surface area contributed by atoms with Crippen molar-refractivity contribution in [2.45, 2.75) is 78.4 Å². The lowest BCUT2D eigenvalue weighted by Gasteiger charge is -2.26. The van der Waals surface area contributed by atoms with Crippen LogP contribution in [0.2, 0.25) is 0 Å². The first-order chi connectivity index (χ1) is 9.62. The molecule has 1 atom stereocenters. The van der Waals surface area contributed by atoms with Gasteiger partial charge in [0.1, 0.15) is 11.9 Å². The molecule has 0 fully saturated rings. The minimum absolute atomic E-state index is 0.128. The lowest BCUT2D eigenvalue weighted by molar-refractivity contribution is 0.174. The molecule has 2 heteroatoms. The highest BCUT2D eigenvalue weighted by Gasteiger charge is 2.17. The molecular weight excluding hydrogens is 258 g/mol. The topological polar surface area (TPSA) is 21.3 Å². The highest BCUT2D eigenvalue weighted by atomic mass is 16.5. The highest BCUT2D eigenvalue weighted by Crippen LogP contribution is 2.26. The summed E-state index contributed by atoms with van der Waals surface area (Å²) in [6.07, 6.45) is 2.43. The van der Waals surface area contributed by atoms with E-state index in [9.17, 15) is 0 Å². The SMILES string of the molecule is CCCC(CNC(C)(C)C)Oc1cccc(C(C)(C)C)c1. The van der Waals surface area contributed by atoms with Crippen LogP contribution in [0, 0.1) is 0 Å². The summed E-state index contributed by atoms with van der Waals surface area (Å²) in [6.45, 7) is 16.4. The molecule has 120 valence electrons. The Balaban J connectivity index is 2.75. The average Bonchev–Trinajstić information content (AvgIpc) is 2.35. The Morgan fingerprint density at radius 1 is 1.10 bits per heavy atom. The summed E-state index contributed by atoms with van der Waals surface area (Å²) < 4.78 is 6.22. The Kier molecular flexibility index (Phi) is 6.27. The molecule has 0 saturated carbocycles. The molecular formula is C19H33NO. The summed E-state index contributed by atoms with van der Waals surface area (Å²) in [6, 6.07) is 8.51. The predicted octanol–water partition coefficient (Wildman–Crippen LogP) is 4.92. The zero-order valence-electron chi connectivity index (χ0n) is 14.9. The molecule has 21 heavy (non-hydrogen) atoms. The van der Waals surface area contributed by atoms with Gasteiger partial charge in [-0.05, 0) is 50.3 Å². The van der Waals surface area contributed by atoms with Crippen molar-refractivity contribution in [2.75, 3.05) is 6.54 Å². The smallest absolute Gasteiger partial charge is 0.120 e. The van der Waals surface area contributed by atoms with Crippen LogP contribution < -0.4 is 10.1 Å². The van der Waals surface area contributed by atoms with Crippen LogP contribution >= 0.6 is 0 Å². The number of benzene rings is 1. The second-order valence-corrected chi connectivity index (χ2v) is 7.94. The molecule has 0 saturated heterocycles. The molecule has 0 aliphatic carbocycles. The van der Waals surface area contributed by atoms with Crippen LogP contribution in [0.5, 0.6) is 5.75 Å². The number of ether oxygens (including phenoxy) is 1. The standard InChI is InChI=1S/C19H33NO/c1-8-10-17(14-20-19(5,6)7)21-16-12-9-11-15(13-16)18(2,3)4/h9,11-13,17,20H,8,10,14H2,1-7H3. The largest absolute Gasteiger partial charge is 0.489 e. The zero-order chi connectivity index (χ0) is 16.1. The fourth-order valence-corrected chi connectivity index (χ4v) is 2.17. The summed E-state index contributed by atoms with van der Waals surface area (Å²) >= 11 is 0. The minimum Gasteiger partial charge on any atom is -0.489 e. The minimum atomic E-state index is 0.128. The van der Waals surface area contributed by atoms with E-state index in [2.05, 4.69) is 78.0 Å². The van der Waals surface area contributed by atoms with E-state index in [1.165, 1.54) is 5.56 Å². The number of rotatable bonds is 6. The molecule has 1 N–H and O–H groups in total. The average molecular weight is 291 g/mol. The van der Waals surface area contributed by atoms with E-state index in [1.807, 2.05) is 0 Å². The molecule has 0 aliphatic heterocycles. The molecule has 1 aromatic carbocycles. The van der Waals surface area contributed by atoms with Crippen LogP contribution in [0.15, 0.2) is 24.3 Å². The van der Waals surface area contributed by atoms with Crippen LogP contribution in [0.3, 0.4) is 0 Å². The summed E-state index contributed by atoms with van der Waals surface area (Å²) in [7, 11) is 0. The summed E-state index contributed by atoms with van der Waals surface area (Å²) in [5.41, 5.74) is 1.60. The first-order valence-corrected chi connectivity index (χ1v) is 8.14. The lowest BCUT2D eigenvalue weighted by atomic mass is 9.87. The molecule has 0 amide bonds.